The van der Waals surface area contributed by atoms with E-state index in [-0.39, 0.29) is 11.9 Å². The number of nitrogens with zero attached hydrogens (tertiary/aromatic N) is 2. The standard InChI is InChI=1S/C22H24BrN3O/c1-14-5-7-18(8-6-14)13-26-17(4)21(16(3)25-26)22(27)24-15(2)19-9-11-20(23)12-10-19/h5-12,15H,13H2,1-4H3,(H,24,27). The molecule has 0 aliphatic carbocycles. The van der Waals surface area contributed by atoms with Crippen LogP contribution in [0.3, 0.4) is 0 Å². The zero-order valence-electron chi connectivity index (χ0n) is 16.1. The summed E-state index contributed by atoms with van der Waals surface area (Å²) in [6, 6.07) is 16.3. The second-order valence-corrected chi connectivity index (χ2v) is 7.85. The Morgan fingerprint density at radius 2 is 1.70 bits per heavy atom. The van der Waals surface area contributed by atoms with E-state index in [1.54, 1.807) is 0 Å². The van der Waals surface area contributed by atoms with Gasteiger partial charge in [-0.15, -0.1) is 0 Å². The zero-order valence-corrected chi connectivity index (χ0v) is 17.7. The number of carbonyl (C=O) groups excluding carboxylic acids is 1. The molecule has 0 fully saturated rings. The summed E-state index contributed by atoms with van der Waals surface area (Å²) in [4.78, 5) is 12.9. The SMILES string of the molecule is Cc1ccc(Cn2nc(C)c(C(=O)NC(C)c3ccc(Br)cc3)c2C)cc1. The van der Waals surface area contributed by atoms with E-state index in [9.17, 15) is 4.79 Å². The van der Waals surface area contributed by atoms with Gasteiger partial charge in [0.05, 0.1) is 23.8 Å². The topological polar surface area (TPSA) is 46.9 Å². The van der Waals surface area contributed by atoms with Crippen LogP contribution in [0.2, 0.25) is 0 Å². The molecule has 140 valence electrons. The van der Waals surface area contributed by atoms with Gasteiger partial charge in [0.1, 0.15) is 0 Å². The molecule has 3 rings (SSSR count). The Bertz CT molecular complexity index is 943. The van der Waals surface area contributed by atoms with E-state index in [2.05, 4.69) is 57.5 Å². The van der Waals surface area contributed by atoms with E-state index >= 15 is 0 Å². The van der Waals surface area contributed by atoms with Crippen LogP contribution in [-0.4, -0.2) is 15.7 Å². The first kappa shape index (κ1) is 19.4. The van der Waals surface area contributed by atoms with Crippen LogP contribution in [0.1, 0.15) is 51.4 Å². The molecule has 0 bridgehead atoms. The highest BCUT2D eigenvalue weighted by Crippen LogP contribution is 2.19. The molecule has 0 aliphatic rings. The van der Waals surface area contributed by atoms with Gasteiger partial charge < -0.3 is 5.32 Å². The second kappa shape index (κ2) is 8.09. The number of amides is 1. The van der Waals surface area contributed by atoms with E-state index in [4.69, 9.17) is 0 Å². The number of aromatic nitrogens is 2. The van der Waals surface area contributed by atoms with E-state index in [0.29, 0.717) is 12.1 Å². The summed E-state index contributed by atoms with van der Waals surface area (Å²) < 4.78 is 2.92. The van der Waals surface area contributed by atoms with Crippen LogP contribution in [-0.2, 0) is 6.54 Å². The van der Waals surface area contributed by atoms with Crippen LogP contribution >= 0.6 is 15.9 Å². The van der Waals surface area contributed by atoms with Gasteiger partial charge in [-0.25, -0.2) is 0 Å². The number of aryl methyl sites for hydroxylation is 2. The second-order valence-electron chi connectivity index (χ2n) is 6.94. The predicted molar refractivity (Wildman–Crippen MR) is 112 cm³/mol. The van der Waals surface area contributed by atoms with E-state index < -0.39 is 0 Å². The Hall–Kier alpha value is -2.40. The summed E-state index contributed by atoms with van der Waals surface area (Å²) in [5.41, 5.74) is 5.75. The van der Waals surface area contributed by atoms with Crippen molar-refractivity contribution in [3.8, 4) is 0 Å². The highest BCUT2D eigenvalue weighted by atomic mass is 79.9. The van der Waals surface area contributed by atoms with Crippen molar-refractivity contribution in [3.63, 3.8) is 0 Å². The lowest BCUT2D eigenvalue weighted by atomic mass is 10.1. The number of rotatable bonds is 5. The van der Waals surface area contributed by atoms with Crippen molar-refractivity contribution >= 4 is 21.8 Å². The van der Waals surface area contributed by atoms with Gasteiger partial charge in [-0.2, -0.15) is 5.10 Å². The van der Waals surface area contributed by atoms with Crippen LogP contribution in [0.25, 0.3) is 0 Å². The third-order valence-electron chi connectivity index (χ3n) is 4.78. The van der Waals surface area contributed by atoms with E-state index in [1.165, 1.54) is 11.1 Å². The third-order valence-corrected chi connectivity index (χ3v) is 5.31. The minimum atomic E-state index is -0.0874. The number of hydrogen-bond acceptors (Lipinski definition) is 2. The molecule has 0 spiro atoms. The largest absolute Gasteiger partial charge is 0.345 e. The van der Waals surface area contributed by atoms with Gasteiger partial charge in [0, 0.05) is 10.2 Å². The van der Waals surface area contributed by atoms with Crippen molar-refractivity contribution < 1.29 is 4.79 Å². The van der Waals surface area contributed by atoms with Gasteiger partial charge in [-0.1, -0.05) is 57.9 Å². The molecule has 27 heavy (non-hydrogen) atoms. The Balaban J connectivity index is 1.77. The molecular formula is C22H24BrN3O. The molecule has 1 N–H and O–H groups in total. The maximum absolute atomic E-state index is 12.9. The van der Waals surface area contributed by atoms with Crippen molar-refractivity contribution in [1.82, 2.24) is 15.1 Å². The fourth-order valence-corrected chi connectivity index (χ4v) is 3.41. The molecule has 1 unspecified atom stereocenters. The summed E-state index contributed by atoms with van der Waals surface area (Å²) in [6.07, 6.45) is 0. The summed E-state index contributed by atoms with van der Waals surface area (Å²) >= 11 is 3.44. The first-order valence-electron chi connectivity index (χ1n) is 9.01. The van der Waals surface area contributed by atoms with E-state index in [0.717, 1.165) is 21.4 Å². The lowest BCUT2D eigenvalue weighted by Crippen LogP contribution is -2.27. The van der Waals surface area contributed by atoms with Gasteiger partial charge in [0.2, 0.25) is 0 Å². The predicted octanol–water partition coefficient (Wildman–Crippen LogP) is 5.11. The summed E-state index contributed by atoms with van der Waals surface area (Å²) in [5, 5.41) is 7.68. The molecule has 0 saturated heterocycles. The van der Waals surface area contributed by atoms with Gasteiger partial charge >= 0.3 is 0 Å². The van der Waals surface area contributed by atoms with Gasteiger partial charge in [0.15, 0.2) is 0 Å². The molecule has 1 heterocycles. The molecule has 0 radical (unpaired) electrons. The molecule has 0 aliphatic heterocycles. The van der Waals surface area contributed by atoms with Gasteiger partial charge in [-0.05, 0) is 51.0 Å². The van der Waals surface area contributed by atoms with Gasteiger partial charge in [0.25, 0.3) is 5.91 Å². The molecule has 0 saturated carbocycles. The molecule has 5 heteroatoms. The summed E-state index contributed by atoms with van der Waals surface area (Å²) in [7, 11) is 0. The zero-order chi connectivity index (χ0) is 19.6. The monoisotopic (exact) mass is 425 g/mol. The van der Waals surface area contributed by atoms with Crippen LogP contribution in [0.4, 0.5) is 0 Å². The van der Waals surface area contributed by atoms with Crippen LogP contribution in [0.15, 0.2) is 53.0 Å². The van der Waals surface area contributed by atoms with Crippen molar-refractivity contribution in [3.05, 3.63) is 86.6 Å². The highest BCUT2D eigenvalue weighted by molar-refractivity contribution is 9.10. The number of hydrogen-bond donors (Lipinski definition) is 1. The Morgan fingerprint density at radius 1 is 1.07 bits per heavy atom. The Kier molecular flexibility index (Phi) is 5.80. The Labute approximate surface area is 168 Å². The van der Waals surface area contributed by atoms with Crippen molar-refractivity contribution in [2.45, 2.75) is 40.3 Å². The quantitative estimate of drug-likeness (QED) is 0.616. The van der Waals surface area contributed by atoms with Crippen molar-refractivity contribution in [2.75, 3.05) is 0 Å². The van der Waals surface area contributed by atoms with Crippen molar-refractivity contribution in [2.24, 2.45) is 0 Å². The lowest BCUT2D eigenvalue weighted by molar-refractivity contribution is 0.0938. The summed E-state index contributed by atoms with van der Waals surface area (Å²) in [5.74, 6) is -0.0874. The molecule has 3 aromatic rings. The van der Waals surface area contributed by atoms with Crippen LogP contribution in [0.5, 0.6) is 0 Å². The molecular weight excluding hydrogens is 402 g/mol. The minimum Gasteiger partial charge on any atom is -0.345 e. The smallest absolute Gasteiger partial charge is 0.255 e. The first-order valence-corrected chi connectivity index (χ1v) is 9.80. The minimum absolute atomic E-state index is 0.0788. The maximum atomic E-state index is 12.9. The van der Waals surface area contributed by atoms with Gasteiger partial charge in [-0.3, -0.25) is 9.48 Å². The Morgan fingerprint density at radius 3 is 2.33 bits per heavy atom. The molecule has 4 nitrogen and oxygen atoms in total. The van der Waals surface area contributed by atoms with E-state index in [1.807, 2.05) is 49.7 Å². The lowest BCUT2D eigenvalue weighted by Gasteiger charge is -2.15. The number of halogens is 1. The summed E-state index contributed by atoms with van der Waals surface area (Å²) in [6.45, 7) is 8.55. The first-order chi connectivity index (χ1) is 12.8. The average Bonchev–Trinajstić information content (AvgIpc) is 2.91. The third kappa shape index (κ3) is 4.48. The number of benzene rings is 2. The highest BCUT2D eigenvalue weighted by Gasteiger charge is 2.20. The fourth-order valence-electron chi connectivity index (χ4n) is 3.15. The molecule has 1 amide bonds. The number of nitrogens with one attached hydrogen (secondary N) is 1. The molecule has 1 aromatic heterocycles. The average molecular weight is 426 g/mol. The fraction of sp³-hybridized carbons (Fsp3) is 0.273. The number of carbonyl (C=O) groups is 1. The molecule has 1 atom stereocenters. The van der Waals surface area contributed by atoms with Crippen LogP contribution < -0.4 is 5.32 Å². The normalized spacial score (nSPS) is 12.0. The maximum Gasteiger partial charge on any atom is 0.255 e. The molecule has 2 aromatic carbocycles. The van der Waals surface area contributed by atoms with Crippen molar-refractivity contribution in [1.29, 1.82) is 0 Å². The van der Waals surface area contributed by atoms with Crippen LogP contribution in [0, 0.1) is 20.8 Å².